The summed E-state index contributed by atoms with van der Waals surface area (Å²) in [6, 6.07) is 14.4. The number of rotatable bonds is 11. The van der Waals surface area contributed by atoms with E-state index < -0.39 is 64.5 Å². The second-order valence-electron chi connectivity index (χ2n) is 9.34. The number of hydrogen-bond donors (Lipinski definition) is 3. The van der Waals surface area contributed by atoms with Crippen molar-refractivity contribution in [3.05, 3.63) is 70.8 Å². The summed E-state index contributed by atoms with van der Waals surface area (Å²) in [5.74, 6) is -0.499. The Hall–Kier alpha value is -2.81. The average Bonchev–Trinajstić information content (AvgIpc) is 3.15. The number of amides is 1. The molecule has 1 fully saturated rings. The molecular weight excluding hydrogens is 584 g/mol. The number of phosphoric acid groups is 2. The van der Waals surface area contributed by atoms with Gasteiger partial charge < -0.3 is 39.1 Å². The van der Waals surface area contributed by atoms with Crippen LogP contribution in [0.1, 0.15) is 25.6 Å². The number of phosphoric ester groups is 2. The Kier molecular flexibility index (Phi) is 9.56. The molecule has 1 saturated heterocycles. The summed E-state index contributed by atoms with van der Waals surface area (Å²) >= 11 is 0. The maximum atomic E-state index is 12.7. The van der Waals surface area contributed by atoms with E-state index in [0.717, 1.165) is 27.1 Å². The number of benzene rings is 2. The molecule has 0 aliphatic carbocycles. The van der Waals surface area contributed by atoms with Gasteiger partial charge in [0.25, 0.3) is 15.6 Å². The number of ether oxygens (including phenoxy) is 1. The number of anilines is 1. The SMILES string of the molecule is CC(C)OP(=O)([O-])OP(=O)([O-])OC[C@H]1O[C@@H](n2ccc(NC(=O)Cc3cccc4ccccc34)nc2=O)C(O)[C@H]1O. The van der Waals surface area contributed by atoms with E-state index in [9.17, 15) is 38.7 Å². The van der Waals surface area contributed by atoms with Gasteiger partial charge in [0.2, 0.25) is 5.91 Å². The second kappa shape index (κ2) is 12.6. The summed E-state index contributed by atoms with van der Waals surface area (Å²) in [5, 5.41) is 25.1. The molecule has 2 aromatic carbocycles. The van der Waals surface area contributed by atoms with E-state index in [1.807, 2.05) is 42.5 Å². The highest BCUT2D eigenvalue weighted by atomic mass is 31.3. The van der Waals surface area contributed by atoms with Crippen LogP contribution in [0.15, 0.2) is 59.5 Å². The number of aliphatic hydroxyl groups is 2. The number of carbonyl (C=O) groups is 1. The van der Waals surface area contributed by atoms with Crippen LogP contribution in [0.2, 0.25) is 0 Å². The van der Waals surface area contributed by atoms with E-state index in [-0.39, 0.29) is 12.2 Å². The standard InChI is InChI=1S/C24H29N3O12P2/c1-14(2)38-41(34,35)39-40(32,33)36-13-18-21(29)22(30)23(37-18)27-11-10-19(26-24(27)31)25-20(28)12-16-8-5-7-15-6-3-4-9-17(15)16/h3-11,14,18,21-23,29-30H,12-13H2,1-2H3,(H,32,33)(H,34,35)(H,25,26,28,31)/p-2/t18-,21+,22?,23-/m1/s1. The van der Waals surface area contributed by atoms with Gasteiger partial charge in [0.15, 0.2) is 6.23 Å². The number of aliphatic hydroxyl groups excluding tert-OH is 2. The minimum atomic E-state index is -5.47. The van der Waals surface area contributed by atoms with Crippen molar-refractivity contribution in [1.82, 2.24) is 9.55 Å². The van der Waals surface area contributed by atoms with Crippen LogP contribution in [-0.4, -0.2) is 56.7 Å². The molecule has 3 unspecified atom stereocenters. The average molecular weight is 611 g/mol. The topological polar surface area (TPSA) is 222 Å². The number of hydrogen-bond acceptors (Lipinski definition) is 13. The lowest BCUT2D eigenvalue weighted by molar-refractivity contribution is -0.246. The molecule has 6 atom stereocenters. The monoisotopic (exact) mass is 611 g/mol. The van der Waals surface area contributed by atoms with Crippen molar-refractivity contribution in [2.75, 3.05) is 11.9 Å². The molecule has 41 heavy (non-hydrogen) atoms. The first-order chi connectivity index (χ1) is 19.2. The van der Waals surface area contributed by atoms with Gasteiger partial charge in [-0.3, -0.25) is 18.5 Å². The molecule has 1 aliphatic heterocycles. The molecule has 15 nitrogen and oxygen atoms in total. The largest absolute Gasteiger partial charge is 0.756 e. The van der Waals surface area contributed by atoms with Crippen LogP contribution in [-0.2, 0) is 38.4 Å². The van der Waals surface area contributed by atoms with Crippen molar-refractivity contribution >= 4 is 38.1 Å². The first kappa shape index (κ1) is 31.1. The Morgan fingerprint density at radius 2 is 1.80 bits per heavy atom. The first-order valence-corrected chi connectivity index (χ1v) is 15.2. The van der Waals surface area contributed by atoms with Gasteiger partial charge in [0, 0.05) is 6.20 Å². The zero-order valence-electron chi connectivity index (χ0n) is 21.8. The zero-order chi connectivity index (χ0) is 29.9. The van der Waals surface area contributed by atoms with E-state index in [1.165, 1.54) is 19.9 Å². The highest BCUT2D eigenvalue weighted by molar-refractivity contribution is 7.59. The Labute approximate surface area is 233 Å². The van der Waals surface area contributed by atoms with Gasteiger partial charge in [0.1, 0.15) is 24.1 Å². The van der Waals surface area contributed by atoms with Gasteiger partial charge in [-0.05, 0) is 36.2 Å². The molecule has 3 N–H and O–H groups in total. The summed E-state index contributed by atoms with van der Waals surface area (Å²) in [6.07, 6.45) is -6.21. The molecule has 0 saturated carbocycles. The van der Waals surface area contributed by atoms with E-state index in [1.54, 1.807) is 0 Å². The van der Waals surface area contributed by atoms with Gasteiger partial charge in [-0.15, -0.1) is 0 Å². The lowest BCUT2D eigenvalue weighted by Gasteiger charge is -2.32. The lowest BCUT2D eigenvalue weighted by Crippen LogP contribution is -2.36. The quantitative estimate of drug-likeness (QED) is 0.253. The second-order valence-corrected chi connectivity index (χ2v) is 12.2. The van der Waals surface area contributed by atoms with E-state index in [0.29, 0.717) is 0 Å². The van der Waals surface area contributed by atoms with Crippen molar-refractivity contribution in [3.63, 3.8) is 0 Å². The summed E-state index contributed by atoms with van der Waals surface area (Å²) in [4.78, 5) is 52.6. The molecule has 0 bridgehead atoms. The Morgan fingerprint density at radius 1 is 1.10 bits per heavy atom. The third-order valence-electron chi connectivity index (χ3n) is 5.88. The zero-order valence-corrected chi connectivity index (χ0v) is 23.6. The Balaban J connectivity index is 1.38. The maximum absolute atomic E-state index is 12.7. The molecule has 222 valence electrons. The van der Waals surface area contributed by atoms with Crippen molar-refractivity contribution in [3.8, 4) is 0 Å². The minimum Gasteiger partial charge on any atom is -0.756 e. The summed E-state index contributed by atoms with van der Waals surface area (Å²) in [7, 11) is -10.7. The van der Waals surface area contributed by atoms with E-state index in [2.05, 4.69) is 23.7 Å². The fraction of sp³-hybridized carbons (Fsp3) is 0.375. The molecule has 3 aromatic rings. The molecule has 17 heteroatoms. The predicted molar refractivity (Wildman–Crippen MR) is 139 cm³/mol. The van der Waals surface area contributed by atoms with Crippen molar-refractivity contribution in [2.45, 2.75) is 50.9 Å². The highest BCUT2D eigenvalue weighted by Crippen LogP contribution is 2.56. The van der Waals surface area contributed by atoms with Crippen LogP contribution in [0.4, 0.5) is 5.82 Å². The van der Waals surface area contributed by atoms with Crippen LogP contribution >= 0.6 is 15.6 Å². The van der Waals surface area contributed by atoms with Crippen LogP contribution < -0.4 is 20.8 Å². The molecule has 2 heterocycles. The molecular formula is C24H27N3O12P2-2. The van der Waals surface area contributed by atoms with Gasteiger partial charge in [-0.2, -0.15) is 4.98 Å². The van der Waals surface area contributed by atoms with E-state index in [4.69, 9.17) is 4.74 Å². The van der Waals surface area contributed by atoms with Crippen molar-refractivity contribution in [2.24, 2.45) is 0 Å². The minimum absolute atomic E-state index is 0.0170. The van der Waals surface area contributed by atoms with Crippen LogP contribution in [0.5, 0.6) is 0 Å². The number of aromatic nitrogens is 2. The fourth-order valence-electron chi connectivity index (χ4n) is 4.17. The normalized spacial score (nSPS) is 23.8. The molecule has 0 spiro atoms. The molecule has 4 rings (SSSR count). The summed E-state index contributed by atoms with van der Waals surface area (Å²) in [5.41, 5.74) is -0.182. The molecule has 1 amide bonds. The molecule has 1 aromatic heterocycles. The summed E-state index contributed by atoms with van der Waals surface area (Å²) < 4.78 is 42.6. The highest BCUT2D eigenvalue weighted by Gasteiger charge is 2.44. The molecule has 0 radical (unpaired) electrons. The lowest BCUT2D eigenvalue weighted by atomic mass is 10.0. The van der Waals surface area contributed by atoms with E-state index >= 15 is 0 Å². The summed E-state index contributed by atoms with van der Waals surface area (Å²) in [6.45, 7) is 1.71. The Bertz CT molecular complexity index is 1560. The van der Waals surface area contributed by atoms with Crippen molar-refractivity contribution in [1.29, 1.82) is 0 Å². The first-order valence-electron chi connectivity index (χ1n) is 12.3. The third-order valence-corrected chi connectivity index (χ3v) is 8.62. The maximum Gasteiger partial charge on any atom is 0.351 e. The number of nitrogens with zero attached hydrogens (tertiary/aromatic N) is 2. The number of carbonyl (C=O) groups excluding carboxylic acids is 1. The van der Waals surface area contributed by atoms with Gasteiger partial charge in [0.05, 0.1) is 19.1 Å². The van der Waals surface area contributed by atoms with Gasteiger partial charge >= 0.3 is 5.69 Å². The third kappa shape index (κ3) is 7.93. The van der Waals surface area contributed by atoms with Crippen LogP contribution in [0.3, 0.4) is 0 Å². The van der Waals surface area contributed by atoms with Crippen molar-refractivity contribution < 1.29 is 52.0 Å². The van der Waals surface area contributed by atoms with Crippen LogP contribution in [0, 0.1) is 0 Å². The number of fused-ring (bicyclic) bond motifs is 1. The van der Waals surface area contributed by atoms with Crippen LogP contribution in [0.25, 0.3) is 10.8 Å². The predicted octanol–water partition coefficient (Wildman–Crippen LogP) is 0.592. The Morgan fingerprint density at radius 3 is 2.51 bits per heavy atom. The van der Waals surface area contributed by atoms with Gasteiger partial charge in [-0.1, -0.05) is 42.5 Å². The molecule has 1 aliphatic rings. The number of nitrogens with one attached hydrogen (secondary N) is 1. The smallest absolute Gasteiger partial charge is 0.351 e. The fourth-order valence-corrected chi connectivity index (χ4v) is 6.34. The van der Waals surface area contributed by atoms with Gasteiger partial charge in [-0.25, -0.2) is 9.11 Å².